The van der Waals surface area contributed by atoms with Gasteiger partial charge in [0.1, 0.15) is 0 Å². The first kappa shape index (κ1) is 23.5. The van der Waals surface area contributed by atoms with Crippen LogP contribution in [0.1, 0.15) is 47.7 Å². The molecule has 1 fully saturated rings. The van der Waals surface area contributed by atoms with E-state index in [1.807, 2.05) is 12.1 Å². The number of ketones is 1. The van der Waals surface area contributed by atoms with Crippen LogP contribution in [0, 0.1) is 17.6 Å². The molecule has 176 valence electrons. The van der Waals surface area contributed by atoms with Crippen LogP contribution in [0.5, 0.6) is 0 Å². The number of hydrogen-bond donors (Lipinski definition) is 0. The summed E-state index contributed by atoms with van der Waals surface area (Å²) in [5.41, 5.74) is 2.93. The summed E-state index contributed by atoms with van der Waals surface area (Å²) in [6.07, 6.45) is 2.50. The van der Waals surface area contributed by atoms with Gasteiger partial charge in [0.15, 0.2) is 17.7 Å². The lowest BCUT2D eigenvalue weighted by Gasteiger charge is -2.30. The van der Waals surface area contributed by atoms with E-state index in [1.54, 1.807) is 6.07 Å². The Morgan fingerprint density at radius 2 is 1.70 bits per heavy atom. The van der Waals surface area contributed by atoms with Crippen molar-refractivity contribution in [2.45, 2.75) is 50.0 Å². The summed E-state index contributed by atoms with van der Waals surface area (Å²) >= 11 is 0. The van der Waals surface area contributed by atoms with Gasteiger partial charge in [-0.25, -0.2) is 17.2 Å². The highest BCUT2D eigenvalue weighted by Crippen LogP contribution is 2.27. The van der Waals surface area contributed by atoms with Gasteiger partial charge in [0.2, 0.25) is 15.8 Å². The van der Waals surface area contributed by atoms with E-state index < -0.39 is 39.6 Å². The third kappa shape index (κ3) is 4.84. The number of aryl methyl sites for hydroxylation is 2. The molecule has 1 aliphatic heterocycles. The van der Waals surface area contributed by atoms with E-state index >= 15 is 0 Å². The summed E-state index contributed by atoms with van der Waals surface area (Å²) in [4.78, 5) is 25.0. The molecule has 1 unspecified atom stereocenters. The van der Waals surface area contributed by atoms with Gasteiger partial charge in [0.25, 0.3) is 0 Å². The zero-order valence-electron chi connectivity index (χ0n) is 18.2. The number of sulfonamides is 1. The standard InChI is InChI=1S/C24H25F2NO5S/c1-15(23(28)19-6-5-16-3-2-4-18(16)13-19)32-24(29)17-9-11-27(12-10-17)33(30,31)20-7-8-21(25)22(26)14-20/h5-8,13-15,17H,2-4,9-12H2,1H3. The molecule has 0 amide bonds. The van der Waals surface area contributed by atoms with Gasteiger partial charge in [-0.05, 0) is 74.4 Å². The third-order valence-electron chi connectivity index (χ3n) is 6.36. The average molecular weight is 478 g/mol. The first-order valence-corrected chi connectivity index (χ1v) is 12.4. The van der Waals surface area contributed by atoms with Gasteiger partial charge < -0.3 is 4.74 Å². The van der Waals surface area contributed by atoms with Crippen LogP contribution in [-0.2, 0) is 32.4 Å². The fourth-order valence-corrected chi connectivity index (χ4v) is 5.88. The first-order chi connectivity index (χ1) is 15.7. The number of nitrogens with zero attached hydrogens (tertiary/aromatic N) is 1. The van der Waals surface area contributed by atoms with Crippen LogP contribution in [0.15, 0.2) is 41.3 Å². The van der Waals surface area contributed by atoms with Crippen molar-refractivity contribution in [1.29, 1.82) is 0 Å². The van der Waals surface area contributed by atoms with Crippen molar-refractivity contribution in [3.05, 3.63) is 64.7 Å². The van der Waals surface area contributed by atoms with Crippen molar-refractivity contribution in [2.24, 2.45) is 5.92 Å². The number of Topliss-reactive ketones (excluding diaryl/α,β-unsaturated/α-hetero) is 1. The number of carbonyl (C=O) groups is 2. The number of carbonyl (C=O) groups excluding carboxylic acids is 2. The summed E-state index contributed by atoms with van der Waals surface area (Å²) in [5.74, 6) is -3.72. The molecule has 33 heavy (non-hydrogen) atoms. The quantitative estimate of drug-likeness (QED) is 0.469. The summed E-state index contributed by atoms with van der Waals surface area (Å²) in [6, 6.07) is 8.02. The molecule has 1 saturated heterocycles. The zero-order chi connectivity index (χ0) is 23.8. The minimum absolute atomic E-state index is 0.0360. The maximum Gasteiger partial charge on any atom is 0.309 e. The predicted octanol–water partition coefficient (Wildman–Crippen LogP) is 3.67. The van der Waals surface area contributed by atoms with Gasteiger partial charge in [0.05, 0.1) is 10.8 Å². The molecule has 0 spiro atoms. The Balaban J connectivity index is 1.34. The topological polar surface area (TPSA) is 80.8 Å². The molecule has 0 saturated carbocycles. The van der Waals surface area contributed by atoms with E-state index in [0.717, 1.165) is 41.3 Å². The van der Waals surface area contributed by atoms with Crippen molar-refractivity contribution in [3.8, 4) is 0 Å². The monoisotopic (exact) mass is 477 g/mol. The molecular formula is C24H25F2NO5S. The second-order valence-electron chi connectivity index (χ2n) is 8.53. The van der Waals surface area contributed by atoms with E-state index in [1.165, 1.54) is 12.5 Å². The number of esters is 1. The molecule has 1 atom stereocenters. The molecule has 1 aliphatic carbocycles. The fourth-order valence-electron chi connectivity index (χ4n) is 4.40. The number of fused-ring (bicyclic) bond motifs is 1. The van der Waals surface area contributed by atoms with E-state index in [0.29, 0.717) is 11.6 Å². The molecule has 1 heterocycles. The van der Waals surface area contributed by atoms with Gasteiger partial charge in [-0.1, -0.05) is 12.1 Å². The maximum absolute atomic E-state index is 13.5. The molecule has 0 bridgehead atoms. The van der Waals surface area contributed by atoms with Crippen LogP contribution in [0.3, 0.4) is 0 Å². The number of hydrogen-bond acceptors (Lipinski definition) is 5. The first-order valence-electron chi connectivity index (χ1n) is 11.0. The Morgan fingerprint density at radius 1 is 1.00 bits per heavy atom. The molecular weight excluding hydrogens is 452 g/mol. The van der Waals surface area contributed by atoms with Crippen molar-refractivity contribution in [3.63, 3.8) is 0 Å². The smallest absolute Gasteiger partial charge is 0.309 e. The SMILES string of the molecule is CC(OC(=O)C1CCN(S(=O)(=O)c2ccc(F)c(F)c2)CC1)C(=O)c1ccc2c(c1)CCC2. The summed E-state index contributed by atoms with van der Waals surface area (Å²) in [6.45, 7) is 1.61. The zero-order valence-corrected chi connectivity index (χ0v) is 19.0. The van der Waals surface area contributed by atoms with Crippen LogP contribution >= 0.6 is 0 Å². The van der Waals surface area contributed by atoms with Gasteiger partial charge in [-0.15, -0.1) is 0 Å². The number of ether oxygens (including phenoxy) is 1. The number of halogens is 2. The van der Waals surface area contributed by atoms with Crippen molar-refractivity contribution in [1.82, 2.24) is 4.31 Å². The molecule has 0 aromatic heterocycles. The molecule has 0 radical (unpaired) electrons. The van der Waals surface area contributed by atoms with Gasteiger partial charge in [-0.3, -0.25) is 9.59 Å². The number of rotatable bonds is 6. The molecule has 4 rings (SSSR count). The highest BCUT2D eigenvalue weighted by atomic mass is 32.2. The molecule has 9 heteroatoms. The van der Waals surface area contributed by atoms with E-state index in [-0.39, 0.29) is 36.6 Å². The normalized spacial score (nSPS) is 18.0. The Kier molecular flexibility index (Phi) is 6.63. The highest BCUT2D eigenvalue weighted by Gasteiger charge is 2.34. The van der Waals surface area contributed by atoms with Gasteiger partial charge in [-0.2, -0.15) is 4.31 Å². The maximum atomic E-state index is 13.5. The van der Waals surface area contributed by atoms with Crippen molar-refractivity contribution in [2.75, 3.05) is 13.1 Å². The summed E-state index contributed by atoms with van der Waals surface area (Å²) in [5, 5.41) is 0. The molecule has 6 nitrogen and oxygen atoms in total. The Morgan fingerprint density at radius 3 is 2.39 bits per heavy atom. The van der Waals surface area contributed by atoms with Crippen LogP contribution in [0.4, 0.5) is 8.78 Å². The second kappa shape index (κ2) is 9.30. The van der Waals surface area contributed by atoms with Crippen LogP contribution in [-0.4, -0.2) is 43.7 Å². The molecule has 2 aliphatic rings. The summed E-state index contributed by atoms with van der Waals surface area (Å²) in [7, 11) is -4.01. The Labute approximate surface area is 191 Å². The average Bonchev–Trinajstić information content (AvgIpc) is 3.28. The molecule has 2 aromatic carbocycles. The minimum atomic E-state index is -4.01. The summed E-state index contributed by atoms with van der Waals surface area (Å²) < 4.78 is 58.6. The van der Waals surface area contributed by atoms with Gasteiger partial charge in [0, 0.05) is 18.7 Å². The van der Waals surface area contributed by atoms with E-state index in [9.17, 15) is 26.8 Å². The Hall–Kier alpha value is -2.65. The fraction of sp³-hybridized carbons (Fsp3) is 0.417. The van der Waals surface area contributed by atoms with Crippen LogP contribution in [0.25, 0.3) is 0 Å². The lowest BCUT2D eigenvalue weighted by atomic mass is 9.98. The Bertz CT molecular complexity index is 1190. The van der Waals surface area contributed by atoms with Crippen molar-refractivity contribution >= 4 is 21.8 Å². The number of benzene rings is 2. The van der Waals surface area contributed by atoms with Gasteiger partial charge >= 0.3 is 5.97 Å². The molecule has 2 aromatic rings. The largest absolute Gasteiger partial charge is 0.454 e. The highest BCUT2D eigenvalue weighted by molar-refractivity contribution is 7.89. The third-order valence-corrected chi connectivity index (χ3v) is 8.26. The van der Waals surface area contributed by atoms with E-state index in [2.05, 4.69) is 0 Å². The second-order valence-corrected chi connectivity index (χ2v) is 10.5. The van der Waals surface area contributed by atoms with Crippen molar-refractivity contribution < 1.29 is 31.5 Å². The lowest BCUT2D eigenvalue weighted by molar-refractivity contribution is -0.152. The number of piperidine rings is 1. The van der Waals surface area contributed by atoms with Crippen LogP contribution in [0.2, 0.25) is 0 Å². The predicted molar refractivity (Wildman–Crippen MR) is 116 cm³/mol. The lowest BCUT2D eigenvalue weighted by Crippen LogP contribution is -2.41. The minimum Gasteiger partial charge on any atom is -0.454 e. The molecule has 0 N–H and O–H groups in total. The van der Waals surface area contributed by atoms with E-state index in [4.69, 9.17) is 4.74 Å². The van der Waals surface area contributed by atoms with Crippen LogP contribution < -0.4 is 0 Å².